The van der Waals surface area contributed by atoms with E-state index in [-0.39, 0.29) is 12.5 Å². The number of urea groups is 1. The first kappa shape index (κ1) is 18.8. The lowest BCUT2D eigenvalue weighted by molar-refractivity contribution is -0.121. The van der Waals surface area contributed by atoms with Crippen LogP contribution in [0.1, 0.15) is 11.1 Å². The van der Waals surface area contributed by atoms with Crippen molar-refractivity contribution in [1.29, 1.82) is 0 Å². The normalized spacial score (nSPS) is 14.7. The van der Waals surface area contributed by atoms with Gasteiger partial charge in [0.05, 0.1) is 6.54 Å². The summed E-state index contributed by atoms with van der Waals surface area (Å²) in [6, 6.07) is 6.94. The zero-order valence-corrected chi connectivity index (χ0v) is 15.6. The Hall–Kier alpha value is -3.00. The van der Waals surface area contributed by atoms with Gasteiger partial charge in [0.15, 0.2) is 0 Å². The fourth-order valence-corrected chi connectivity index (χ4v) is 2.97. The minimum absolute atomic E-state index is 0.184. The predicted octanol–water partition coefficient (Wildman–Crippen LogP) is 1.56. The van der Waals surface area contributed by atoms with Gasteiger partial charge in [0.2, 0.25) is 11.9 Å². The highest BCUT2D eigenvalue weighted by atomic mass is 16.2. The largest absolute Gasteiger partial charge is 0.338 e. The van der Waals surface area contributed by atoms with E-state index in [1.165, 1.54) is 0 Å². The minimum atomic E-state index is -0.509. The zero-order valence-electron chi connectivity index (χ0n) is 15.6. The molecule has 27 heavy (non-hydrogen) atoms. The quantitative estimate of drug-likeness (QED) is 0.851. The number of hydrogen-bond donors (Lipinski definition) is 2. The second-order valence-corrected chi connectivity index (χ2v) is 6.56. The Kier molecular flexibility index (Phi) is 5.97. The number of nitrogens with one attached hydrogen (secondary N) is 2. The van der Waals surface area contributed by atoms with Gasteiger partial charge >= 0.3 is 6.03 Å². The molecule has 1 aliphatic heterocycles. The van der Waals surface area contributed by atoms with Crippen molar-refractivity contribution in [2.45, 2.75) is 13.8 Å². The maximum absolute atomic E-state index is 12.2. The first-order valence-electron chi connectivity index (χ1n) is 8.94. The van der Waals surface area contributed by atoms with Gasteiger partial charge < -0.3 is 10.2 Å². The third-order valence-corrected chi connectivity index (χ3v) is 4.68. The van der Waals surface area contributed by atoms with E-state index in [4.69, 9.17) is 0 Å². The highest BCUT2D eigenvalue weighted by Crippen LogP contribution is 2.17. The summed E-state index contributed by atoms with van der Waals surface area (Å²) in [6.07, 6.45) is 3.44. The minimum Gasteiger partial charge on any atom is -0.338 e. The molecule has 3 amide bonds. The van der Waals surface area contributed by atoms with E-state index in [1.807, 2.05) is 36.9 Å². The molecule has 0 aliphatic carbocycles. The fraction of sp³-hybridized carbons (Fsp3) is 0.368. The van der Waals surface area contributed by atoms with Gasteiger partial charge in [0.25, 0.3) is 0 Å². The molecule has 142 valence electrons. The van der Waals surface area contributed by atoms with Crippen molar-refractivity contribution < 1.29 is 9.59 Å². The molecule has 1 aromatic heterocycles. The summed E-state index contributed by atoms with van der Waals surface area (Å²) in [5, 5.41) is 5.13. The highest BCUT2D eigenvalue weighted by molar-refractivity contribution is 6.02. The lowest BCUT2D eigenvalue weighted by Gasteiger charge is -2.34. The molecule has 8 heteroatoms. The molecule has 2 aromatic rings. The van der Waals surface area contributed by atoms with E-state index in [0.29, 0.717) is 24.7 Å². The van der Waals surface area contributed by atoms with Crippen LogP contribution in [-0.2, 0) is 4.79 Å². The standard InChI is InChI=1S/C19H24N6O2/c1-14-5-3-6-16(15(14)2)22-19(27)23-17(26)13-24-9-11-25(12-10-24)18-20-7-4-8-21-18/h3-8H,9-13H2,1-2H3,(H2,22,23,26,27). The number of aryl methyl sites for hydroxylation is 1. The van der Waals surface area contributed by atoms with Gasteiger partial charge in [0.1, 0.15) is 0 Å². The number of piperazine rings is 1. The first-order valence-corrected chi connectivity index (χ1v) is 8.94. The summed E-state index contributed by atoms with van der Waals surface area (Å²) in [5.74, 6) is 0.386. The third kappa shape index (κ3) is 5.01. The van der Waals surface area contributed by atoms with Crippen LogP contribution in [0.4, 0.5) is 16.4 Å². The summed E-state index contributed by atoms with van der Waals surface area (Å²) in [4.78, 5) is 36.8. The van der Waals surface area contributed by atoms with Crippen molar-refractivity contribution in [1.82, 2.24) is 20.2 Å². The Morgan fingerprint density at radius 2 is 1.74 bits per heavy atom. The van der Waals surface area contributed by atoms with Gasteiger partial charge in [-0.15, -0.1) is 0 Å². The van der Waals surface area contributed by atoms with Crippen molar-refractivity contribution in [3.05, 3.63) is 47.8 Å². The van der Waals surface area contributed by atoms with Crippen LogP contribution in [-0.4, -0.2) is 59.5 Å². The maximum Gasteiger partial charge on any atom is 0.325 e. The van der Waals surface area contributed by atoms with Gasteiger partial charge in [-0.2, -0.15) is 0 Å². The number of amides is 3. The summed E-state index contributed by atoms with van der Waals surface area (Å²) in [5.41, 5.74) is 2.77. The lowest BCUT2D eigenvalue weighted by Crippen LogP contribution is -2.50. The molecule has 8 nitrogen and oxygen atoms in total. The number of rotatable bonds is 4. The Morgan fingerprint density at radius 1 is 1.04 bits per heavy atom. The molecule has 1 aliphatic rings. The molecule has 2 heterocycles. The van der Waals surface area contributed by atoms with Gasteiger partial charge in [-0.1, -0.05) is 12.1 Å². The topological polar surface area (TPSA) is 90.5 Å². The van der Waals surface area contributed by atoms with Gasteiger partial charge in [0, 0.05) is 44.3 Å². The third-order valence-electron chi connectivity index (χ3n) is 4.68. The Labute approximate surface area is 158 Å². The average Bonchev–Trinajstić information content (AvgIpc) is 2.66. The summed E-state index contributed by atoms with van der Waals surface area (Å²) < 4.78 is 0. The molecule has 3 rings (SSSR count). The SMILES string of the molecule is Cc1cccc(NC(=O)NC(=O)CN2CCN(c3ncccn3)CC2)c1C. The average molecular weight is 368 g/mol. The monoisotopic (exact) mass is 368 g/mol. The van der Waals surface area contributed by atoms with E-state index in [1.54, 1.807) is 18.5 Å². The van der Waals surface area contributed by atoms with E-state index in [0.717, 1.165) is 24.2 Å². The lowest BCUT2D eigenvalue weighted by atomic mass is 10.1. The molecule has 1 saturated heterocycles. The van der Waals surface area contributed by atoms with Crippen LogP contribution in [0.3, 0.4) is 0 Å². The Bertz CT molecular complexity index is 803. The highest BCUT2D eigenvalue weighted by Gasteiger charge is 2.21. The number of benzene rings is 1. The van der Waals surface area contributed by atoms with Gasteiger partial charge in [-0.05, 0) is 37.1 Å². The van der Waals surface area contributed by atoms with Crippen LogP contribution in [0, 0.1) is 13.8 Å². The second kappa shape index (κ2) is 8.59. The molecular weight excluding hydrogens is 344 g/mol. The summed E-state index contributed by atoms with van der Waals surface area (Å²) >= 11 is 0. The van der Waals surface area contributed by atoms with Crippen molar-refractivity contribution in [3.8, 4) is 0 Å². The molecule has 0 unspecified atom stereocenters. The second-order valence-electron chi connectivity index (χ2n) is 6.56. The molecule has 0 radical (unpaired) electrons. The van der Waals surface area contributed by atoms with Crippen LogP contribution in [0.15, 0.2) is 36.7 Å². The van der Waals surface area contributed by atoms with Crippen LogP contribution in [0.2, 0.25) is 0 Å². The predicted molar refractivity (Wildman–Crippen MR) is 104 cm³/mol. The van der Waals surface area contributed by atoms with Crippen molar-refractivity contribution in [3.63, 3.8) is 0 Å². The number of carbonyl (C=O) groups is 2. The molecule has 0 saturated carbocycles. The molecule has 0 atom stereocenters. The number of aromatic nitrogens is 2. The van der Waals surface area contributed by atoms with Crippen LogP contribution in [0.25, 0.3) is 0 Å². The van der Waals surface area contributed by atoms with E-state index >= 15 is 0 Å². The molecule has 1 fully saturated rings. The molecule has 1 aromatic carbocycles. The van der Waals surface area contributed by atoms with E-state index in [9.17, 15) is 9.59 Å². The van der Waals surface area contributed by atoms with Crippen molar-refractivity contribution >= 4 is 23.6 Å². The van der Waals surface area contributed by atoms with Crippen LogP contribution >= 0.6 is 0 Å². The number of anilines is 2. The van der Waals surface area contributed by atoms with Gasteiger partial charge in [-0.3, -0.25) is 15.0 Å². The van der Waals surface area contributed by atoms with Crippen LogP contribution in [0.5, 0.6) is 0 Å². The van der Waals surface area contributed by atoms with E-state index in [2.05, 4.69) is 25.5 Å². The number of hydrogen-bond acceptors (Lipinski definition) is 6. The van der Waals surface area contributed by atoms with E-state index < -0.39 is 6.03 Å². The molecule has 2 N–H and O–H groups in total. The maximum atomic E-state index is 12.2. The molecule has 0 spiro atoms. The summed E-state index contributed by atoms with van der Waals surface area (Å²) in [7, 11) is 0. The number of imide groups is 1. The van der Waals surface area contributed by atoms with Crippen molar-refractivity contribution in [2.75, 3.05) is 42.9 Å². The zero-order chi connectivity index (χ0) is 19.2. The fourth-order valence-electron chi connectivity index (χ4n) is 2.97. The Balaban J connectivity index is 1.44. The van der Waals surface area contributed by atoms with Gasteiger partial charge in [-0.25, -0.2) is 14.8 Å². The van der Waals surface area contributed by atoms with Crippen LogP contribution < -0.4 is 15.5 Å². The van der Waals surface area contributed by atoms with Crippen molar-refractivity contribution in [2.24, 2.45) is 0 Å². The smallest absolute Gasteiger partial charge is 0.325 e. The Morgan fingerprint density at radius 3 is 2.44 bits per heavy atom. The summed E-state index contributed by atoms with van der Waals surface area (Å²) in [6.45, 7) is 7.00. The number of carbonyl (C=O) groups excluding carboxylic acids is 2. The molecular formula is C19H24N6O2. The first-order chi connectivity index (χ1) is 13.0. The number of nitrogens with zero attached hydrogens (tertiary/aromatic N) is 4. The molecule has 0 bridgehead atoms.